The van der Waals surface area contributed by atoms with Gasteiger partial charge in [0, 0.05) is 38.0 Å². The number of hydrogen-bond donors (Lipinski definition) is 0. The molecule has 0 aliphatic heterocycles. The first-order chi connectivity index (χ1) is 42.0. The van der Waals surface area contributed by atoms with Crippen LogP contribution in [0, 0.1) is 0 Å². The molecule has 3 heterocycles. The van der Waals surface area contributed by atoms with Crippen LogP contribution in [0.3, 0.4) is 0 Å². The highest BCUT2D eigenvalue weighted by Crippen LogP contribution is 2.43. The molecule has 3 heteroatoms. The number of nitrogens with zero attached hydrogens (tertiary/aromatic N) is 2. The van der Waals surface area contributed by atoms with Crippen molar-refractivity contribution in [1.29, 1.82) is 0 Å². The van der Waals surface area contributed by atoms with Gasteiger partial charge in [-0.15, -0.1) is 0 Å². The highest BCUT2D eigenvalue weighted by molar-refractivity contribution is 6.18. The highest BCUT2D eigenvalue weighted by Gasteiger charge is 2.20. The van der Waals surface area contributed by atoms with Crippen molar-refractivity contribution in [2.75, 3.05) is 0 Å². The van der Waals surface area contributed by atoms with Gasteiger partial charge in [0.2, 0.25) is 0 Å². The van der Waals surface area contributed by atoms with Crippen LogP contribution in [-0.4, -0.2) is 9.13 Å². The molecule has 13 aromatic rings. The number of benzene rings is 10. The van der Waals surface area contributed by atoms with Crippen LogP contribution in [0.1, 0.15) is 35.6 Å². The Morgan fingerprint density at radius 1 is 0.349 bits per heavy atom. The van der Waals surface area contributed by atoms with Crippen molar-refractivity contribution in [3.63, 3.8) is 0 Å². The quantitative estimate of drug-likeness (QED) is 0.164. The van der Waals surface area contributed by atoms with Crippen LogP contribution in [0.2, 0.25) is 0 Å². The maximum absolute atomic E-state index is 10.1. The van der Waals surface area contributed by atoms with Gasteiger partial charge in [-0.05, 0) is 111 Å². The molecule has 0 N–H and O–H groups in total. The minimum absolute atomic E-state index is 0.0545. The topological polar surface area (TPSA) is 23.0 Å². The van der Waals surface area contributed by atoms with Crippen LogP contribution in [0.4, 0.5) is 0 Å². The first kappa shape index (κ1) is 18.3. The van der Waals surface area contributed by atoms with E-state index in [-0.39, 0.29) is 91.2 Å². The van der Waals surface area contributed by atoms with Crippen LogP contribution in [0.5, 0.6) is 0 Å². The van der Waals surface area contributed by atoms with Gasteiger partial charge in [0.1, 0.15) is 5.58 Å². The van der Waals surface area contributed by atoms with Gasteiger partial charge in [-0.25, -0.2) is 0 Å². The minimum Gasteiger partial charge on any atom is -0.454 e. The Morgan fingerprint density at radius 2 is 1.08 bits per heavy atom. The Labute approximate surface area is 400 Å². The Morgan fingerprint density at radius 3 is 2.00 bits per heavy atom. The van der Waals surface area contributed by atoms with Gasteiger partial charge in [-0.1, -0.05) is 163 Å². The lowest BCUT2D eigenvalue weighted by Gasteiger charge is -2.10. The molecule has 294 valence electrons. The van der Waals surface area contributed by atoms with Crippen LogP contribution >= 0.6 is 0 Å². The lowest BCUT2D eigenvalue weighted by Crippen LogP contribution is -1.94. The van der Waals surface area contributed by atoms with E-state index >= 15 is 0 Å². The monoisotopic (exact) mass is 828 g/mol. The van der Waals surface area contributed by atoms with Gasteiger partial charge >= 0.3 is 0 Å². The largest absolute Gasteiger partial charge is 0.454 e. The van der Waals surface area contributed by atoms with Crippen LogP contribution in [0.25, 0.3) is 121 Å². The SMILES string of the molecule is [2H]c1cc([2H])c(-c2c([2H])c([2H])c([2H])c(-c3cc([2H])c(-c4c([2H])c([2H])c5oc6c(-n7c8c([2H])c([2H])c([2H])c([2H])c8c8c([2H])c(-c9ccc([2H])c%10c9c9cc([2H])c([2H])c([2H])c9n%10-c9ccccc9)c([2H])c([2H])c87)cc([2H])c([2H])c6c5c4[2H])c([2H])c3[2H])c2[2H])cc1[2H]. The summed E-state index contributed by atoms with van der Waals surface area (Å²) in [4.78, 5) is 0. The summed E-state index contributed by atoms with van der Waals surface area (Å²) >= 11 is 0. The minimum atomic E-state index is -0.870. The molecule has 63 heavy (non-hydrogen) atoms. The van der Waals surface area contributed by atoms with Crippen molar-refractivity contribution < 1.29 is 40.1 Å². The van der Waals surface area contributed by atoms with E-state index < -0.39 is 182 Å². The maximum atomic E-state index is 10.1. The van der Waals surface area contributed by atoms with Gasteiger partial charge in [0.25, 0.3) is 0 Å². The molecule has 0 unspecified atom stereocenters. The molecule has 0 fully saturated rings. The standard InChI is InChI=1S/C60H38N2O/c1-3-14-39(15-4-1)42-16-11-17-43(36-42)40-28-30-41(31-29-40)44-33-35-58-52(37-44)49-23-13-27-57(60(49)63-58)62-53-24-9-7-20-48(53)51-38-45(32-34-55(51)62)47-22-12-26-56-59(47)50-21-8-10-25-54(50)61(56)46-18-5-2-6-19-46/h1-38H/i1D,3D,7D,8D,9D,10D,11D,13D,15D,16D,17D,20D,23D,24D,25D,26D,28D,30D,31D,32D,33D,34D,35D,36D,37D,38D. The zero-order valence-electron chi connectivity index (χ0n) is 58.2. The first-order valence-corrected chi connectivity index (χ1v) is 19.5. The molecule has 0 aliphatic rings. The first-order valence-electron chi connectivity index (χ1n) is 32.5. The second-order valence-corrected chi connectivity index (χ2v) is 14.4. The Balaban J connectivity index is 1.09. The summed E-state index contributed by atoms with van der Waals surface area (Å²) in [7, 11) is 0. The summed E-state index contributed by atoms with van der Waals surface area (Å²) in [6, 6.07) is 0.689. The molecular formula is C60H38N2O. The zero-order chi connectivity index (χ0) is 64.1. The second-order valence-electron chi connectivity index (χ2n) is 14.4. The Hall–Kier alpha value is -8.40. The third kappa shape index (κ3) is 5.60. The molecule has 10 aromatic carbocycles. The summed E-state index contributed by atoms with van der Waals surface area (Å²) in [5.74, 6) is 0. The maximum Gasteiger partial charge on any atom is 0.159 e. The molecule has 0 saturated heterocycles. The number of fused-ring (bicyclic) bond motifs is 9. The number of aromatic nitrogens is 2. The third-order valence-corrected chi connectivity index (χ3v) is 10.9. The number of rotatable bonds is 6. The molecule has 0 radical (unpaired) electrons. The molecule has 0 saturated carbocycles. The molecular weight excluding hydrogens is 765 g/mol. The lowest BCUT2D eigenvalue weighted by atomic mass is 9.96. The smallest absolute Gasteiger partial charge is 0.159 e. The van der Waals surface area contributed by atoms with Gasteiger partial charge in [0.05, 0.1) is 63.4 Å². The van der Waals surface area contributed by atoms with Crippen LogP contribution < -0.4 is 0 Å². The average Bonchev–Trinajstić information content (AvgIpc) is 1.56. The van der Waals surface area contributed by atoms with Gasteiger partial charge in [0.15, 0.2) is 5.58 Å². The zero-order valence-corrected chi connectivity index (χ0v) is 32.2. The predicted molar refractivity (Wildman–Crippen MR) is 264 cm³/mol. The van der Waals surface area contributed by atoms with E-state index in [1.165, 1.54) is 18.2 Å². The van der Waals surface area contributed by atoms with Crippen molar-refractivity contribution in [2.45, 2.75) is 0 Å². The van der Waals surface area contributed by atoms with Crippen molar-refractivity contribution in [2.24, 2.45) is 0 Å². The van der Waals surface area contributed by atoms with Crippen molar-refractivity contribution in [1.82, 2.24) is 9.13 Å². The van der Waals surface area contributed by atoms with E-state index in [2.05, 4.69) is 0 Å². The highest BCUT2D eigenvalue weighted by atomic mass is 16.3. The number of para-hydroxylation sites is 4. The van der Waals surface area contributed by atoms with E-state index in [4.69, 9.17) is 19.5 Å². The van der Waals surface area contributed by atoms with Crippen LogP contribution in [0.15, 0.2) is 234 Å². The van der Waals surface area contributed by atoms with E-state index in [0.717, 1.165) is 28.8 Å². The fourth-order valence-electron chi connectivity index (χ4n) is 8.12. The molecule has 0 atom stereocenters. The molecule has 13 rings (SSSR count). The fraction of sp³-hybridized carbons (Fsp3) is 0. The van der Waals surface area contributed by atoms with Crippen molar-refractivity contribution in [3.05, 3.63) is 230 Å². The summed E-state index contributed by atoms with van der Waals surface area (Å²) in [5.41, 5.74) is -4.39. The molecule has 0 amide bonds. The summed E-state index contributed by atoms with van der Waals surface area (Å²) in [6.07, 6.45) is 0. The molecule has 3 aromatic heterocycles. The van der Waals surface area contributed by atoms with E-state index in [0.29, 0.717) is 5.69 Å². The van der Waals surface area contributed by atoms with Gasteiger partial charge in [-0.2, -0.15) is 0 Å². The van der Waals surface area contributed by atoms with Gasteiger partial charge in [-0.3, -0.25) is 0 Å². The predicted octanol–water partition coefficient (Wildman–Crippen LogP) is 16.4. The summed E-state index contributed by atoms with van der Waals surface area (Å²) < 4.78 is 246. The van der Waals surface area contributed by atoms with E-state index in [1.54, 1.807) is 34.9 Å². The van der Waals surface area contributed by atoms with Gasteiger partial charge < -0.3 is 13.6 Å². The van der Waals surface area contributed by atoms with E-state index in [1.807, 2.05) is 0 Å². The van der Waals surface area contributed by atoms with E-state index in [9.17, 15) is 20.6 Å². The number of hydrogen-bond acceptors (Lipinski definition) is 1. The third-order valence-electron chi connectivity index (χ3n) is 10.9. The number of furan rings is 1. The molecule has 3 nitrogen and oxygen atoms in total. The lowest BCUT2D eigenvalue weighted by molar-refractivity contribution is 0.666. The molecule has 0 bridgehead atoms. The average molecular weight is 829 g/mol. The molecule has 0 spiro atoms. The van der Waals surface area contributed by atoms with Crippen molar-refractivity contribution in [3.8, 4) is 55.9 Å². The Bertz CT molecular complexity index is 5460. The summed E-state index contributed by atoms with van der Waals surface area (Å²) in [6.45, 7) is 0. The van der Waals surface area contributed by atoms with Crippen molar-refractivity contribution >= 4 is 65.6 Å². The van der Waals surface area contributed by atoms with Crippen LogP contribution in [-0.2, 0) is 0 Å². The fourth-order valence-corrected chi connectivity index (χ4v) is 8.12. The second kappa shape index (κ2) is 14.1. The normalized spacial score (nSPS) is 17.6. The Kier molecular flexibility index (Phi) is 4.09. The summed E-state index contributed by atoms with van der Waals surface area (Å²) in [5, 5.41) is -1.14. The molecule has 0 aliphatic carbocycles.